The van der Waals surface area contributed by atoms with Crippen LogP contribution < -0.4 is 21.3 Å². The zero-order valence-electron chi connectivity index (χ0n) is 16.5. The summed E-state index contributed by atoms with van der Waals surface area (Å²) in [7, 11) is 1.82. The van der Waals surface area contributed by atoms with Gasteiger partial charge in [0.05, 0.1) is 6.20 Å². The maximum atomic E-state index is 11.6. The fourth-order valence-electron chi connectivity index (χ4n) is 2.71. The molecule has 0 spiro atoms. The number of nitrogens with zero attached hydrogens (tertiary/aromatic N) is 2. The molecule has 0 unspecified atom stereocenters. The summed E-state index contributed by atoms with van der Waals surface area (Å²) in [5.41, 5.74) is 3.58. The average Bonchev–Trinajstić information content (AvgIpc) is 3.50. The predicted molar refractivity (Wildman–Crippen MR) is 113 cm³/mol. The summed E-state index contributed by atoms with van der Waals surface area (Å²) < 4.78 is 0. The van der Waals surface area contributed by atoms with Crippen LogP contribution >= 0.6 is 0 Å². The summed E-state index contributed by atoms with van der Waals surface area (Å²) in [6.45, 7) is 7.59. The van der Waals surface area contributed by atoms with Gasteiger partial charge in [0.1, 0.15) is 11.5 Å². The molecular weight excluding hydrogens is 352 g/mol. The van der Waals surface area contributed by atoms with Crippen molar-refractivity contribution in [1.29, 1.82) is 0 Å². The summed E-state index contributed by atoms with van der Waals surface area (Å²) >= 11 is 0. The molecule has 2 aromatic rings. The van der Waals surface area contributed by atoms with Gasteiger partial charge in [0.15, 0.2) is 5.82 Å². The molecule has 7 heteroatoms. The number of nitrogens with one attached hydrogen (secondary N) is 4. The molecule has 1 aromatic heterocycles. The minimum atomic E-state index is -0.191. The lowest BCUT2D eigenvalue weighted by Gasteiger charge is -2.16. The number of allylic oxidation sites excluding steroid dienone is 2. The summed E-state index contributed by atoms with van der Waals surface area (Å²) in [5.74, 6) is 2.05. The molecule has 1 saturated carbocycles. The Hall–Kier alpha value is -3.35. The lowest BCUT2D eigenvalue weighted by Crippen LogP contribution is -2.18. The van der Waals surface area contributed by atoms with E-state index in [1.165, 1.54) is 19.8 Å². The van der Waals surface area contributed by atoms with Crippen LogP contribution in [0.4, 0.5) is 23.1 Å². The van der Waals surface area contributed by atoms with Crippen LogP contribution in [0.25, 0.3) is 0 Å². The summed E-state index contributed by atoms with van der Waals surface area (Å²) in [5, 5.41) is 12.3. The molecule has 1 aliphatic carbocycles. The molecule has 0 radical (unpaired) electrons. The van der Waals surface area contributed by atoms with Crippen LogP contribution in [0, 0.1) is 12.8 Å². The first kappa shape index (κ1) is 19.4. The zero-order chi connectivity index (χ0) is 20.1. The van der Waals surface area contributed by atoms with Crippen molar-refractivity contribution >= 4 is 29.0 Å². The third-order valence-electron chi connectivity index (χ3n) is 4.44. The Balaban J connectivity index is 1.88. The van der Waals surface area contributed by atoms with Gasteiger partial charge in [-0.3, -0.25) is 4.79 Å². The van der Waals surface area contributed by atoms with E-state index in [2.05, 4.69) is 37.8 Å². The van der Waals surface area contributed by atoms with Crippen LogP contribution in [0.3, 0.4) is 0 Å². The van der Waals surface area contributed by atoms with Crippen molar-refractivity contribution in [2.75, 3.05) is 23.0 Å². The van der Waals surface area contributed by atoms with Crippen LogP contribution in [-0.2, 0) is 4.79 Å². The van der Waals surface area contributed by atoms with Gasteiger partial charge in [0.25, 0.3) is 0 Å². The van der Waals surface area contributed by atoms with Crippen molar-refractivity contribution in [3.05, 3.63) is 60.1 Å². The molecule has 28 heavy (non-hydrogen) atoms. The molecular formula is C21H26N6O. The number of aryl methyl sites for hydroxylation is 1. The molecule has 3 rings (SSSR count). The van der Waals surface area contributed by atoms with E-state index in [0.29, 0.717) is 23.4 Å². The quantitative estimate of drug-likeness (QED) is 0.521. The van der Waals surface area contributed by atoms with E-state index in [4.69, 9.17) is 0 Å². The molecule has 0 atom stereocenters. The lowest BCUT2D eigenvalue weighted by molar-refractivity contribution is -0.114. The van der Waals surface area contributed by atoms with Crippen LogP contribution in [0.2, 0.25) is 0 Å². The Morgan fingerprint density at radius 1 is 1.21 bits per heavy atom. The van der Waals surface area contributed by atoms with Gasteiger partial charge >= 0.3 is 0 Å². The van der Waals surface area contributed by atoms with Gasteiger partial charge in [0, 0.05) is 19.7 Å². The second-order valence-corrected chi connectivity index (χ2v) is 6.86. The highest BCUT2D eigenvalue weighted by molar-refractivity contribution is 5.92. The van der Waals surface area contributed by atoms with Gasteiger partial charge in [-0.25, -0.2) is 4.98 Å². The Morgan fingerprint density at radius 2 is 1.96 bits per heavy atom. The largest absolute Gasteiger partial charge is 0.375 e. The van der Waals surface area contributed by atoms with Crippen molar-refractivity contribution in [2.24, 2.45) is 5.92 Å². The maximum absolute atomic E-state index is 11.6. The molecule has 1 fully saturated rings. The third kappa shape index (κ3) is 5.09. The Bertz CT molecular complexity index is 917. The molecule has 146 valence electrons. The Kier molecular flexibility index (Phi) is 5.93. The first-order valence-electron chi connectivity index (χ1n) is 9.29. The lowest BCUT2D eigenvalue weighted by atomic mass is 10.2. The van der Waals surface area contributed by atoms with E-state index in [9.17, 15) is 4.79 Å². The Labute approximate surface area is 165 Å². The van der Waals surface area contributed by atoms with E-state index in [1.54, 1.807) is 6.20 Å². The summed E-state index contributed by atoms with van der Waals surface area (Å²) in [4.78, 5) is 20.4. The molecule has 1 aromatic carbocycles. The minimum absolute atomic E-state index is 0.191. The van der Waals surface area contributed by atoms with Crippen LogP contribution in [0.1, 0.15) is 25.3 Å². The standard InChI is InChI=1S/C21H26N6O/c1-13-7-5-6-8-17(13)25-21-23-12-18(24-15(3)28)20(27-21)26-19(22-4)11-14(2)16-9-10-16/h5-8,11-12,16,22H,2,9-10H2,1,3-4H3,(H,24,28)(H2,23,25,26,27)/b19-11+. The van der Waals surface area contributed by atoms with E-state index < -0.39 is 0 Å². The van der Waals surface area contributed by atoms with Crippen molar-refractivity contribution < 1.29 is 4.79 Å². The highest BCUT2D eigenvalue weighted by Gasteiger charge is 2.23. The normalized spacial score (nSPS) is 13.6. The van der Waals surface area contributed by atoms with Gasteiger partial charge in [-0.15, -0.1) is 0 Å². The van der Waals surface area contributed by atoms with Gasteiger partial charge in [0.2, 0.25) is 11.9 Å². The average molecular weight is 378 g/mol. The van der Waals surface area contributed by atoms with Crippen LogP contribution in [-0.4, -0.2) is 22.9 Å². The molecule has 0 bridgehead atoms. The smallest absolute Gasteiger partial charge is 0.229 e. The number of anilines is 4. The van der Waals surface area contributed by atoms with Crippen LogP contribution in [0.5, 0.6) is 0 Å². The van der Waals surface area contributed by atoms with E-state index in [0.717, 1.165) is 22.6 Å². The molecule has 4 N–H and O–H groups in total. The number of benzene rings is 1. The topological polar surface area (TPSA) is 91.0 Å². The van der Waals surface area contributed by atoms with E-state index in [-0.39, 0.29) is 5.91 Å². The minimum Gasteiger partial charge on any atom is -0.375 e. The number of carbonyl (C=O) groups excluding carboxylic acids is 1. The third-order valence-corrected chi connectivity index (χ3v) is 4.44. The van der Waals surface area contributed by atoms with Gasteiger partial charge in [-0.2, -0.15) is 4.98 Å². The predicted octanol–water partition coefficient (Wildman–Crippen LogP) is 3.93. The van der Waals surface area contributed by atoms with Gasteiger partial charge in [-0.05, 0) is 49.0 Å². The number of hydrogen-bond donors (Lipinski definition) is 4. The number of hydrogen-bond acceptors (Lipinski definition) is 6. The van der Waals surface area contributed by atoms with Crippen molar-refractivity contribution in [3.8, 4) is 0 Å². The summed E-state index contributed by atoms with van der Waals surface area (Å²) in [6, 6.07) is 7.90. The fourth-order valence-corrected chi connectivity index (χ4v) is 2.71. The van der Waals surface area contributed by atoms with Crippen LogP contribution in [0.15, 0.2) is 54.5 Å². The number of para-hydroxylation sites is 1. The van der Waals surface area contributed by atoms with Crippen molar-refractivity contribution in [3.63, 3.8) is 0 Å². The SMILES string of the molecule is C=C(/C=C(\NC)Nc1nc(Nc2ccccc2C)ncc1NC(C)=O)C1CC1. The molecule has 0 aliphatic heterocycles. The Morgan fingerprint density at radius 3 is 2.61 bits per heavy atom. The number of carbonyl (C=O) groups is 1. The van der Waals surface area contributed by atoms with Gasteiger partial charge < -0.3 is 21.3 Å². The highest BCUT2D eigenvalue weighted by Crippen LogP contribution is 2.36. The second-order valence-electron chi connectivity index (χ2n) is 6.86. The molecule has 0 saturated heterocycles. The monoisotopic (exact) mass is 378 g/mol. The number of amides is 1. The second kappa shape index (κ2) is 8.56. The first-order chi connectivity index (χ1) is 13.5. The molecule has 1 amide bonds. The molecule has 1 aliphatic rings. The van der Waals surface area contributed by atoms with Crippen molar-refractivity contribution in [1.82, 2.24) is 15.3 Å². The van der Waals surface area contributed by atoms with E-state index in [1.807, 2.05) is 44.3 Å². The number of aromatic nitrogens is 2. The molecule has 7 nitrogen and oxygen atoms in total. The van der Waals surface area contributed by atoms with Crippen molar-refractivity contribution in [2.45, 2.75) is 26.7 Å². The zero-order valence-corrected chi connectivity index (χ0v) is 16.5. The highest BCUT2D eigenvalue weighted by atomic mass is 16.1. The van der Waals surface area contributed by atoms with E-state index >= 15 is 0 Å². The first-order valence-corrected chi connectivity index (χ1v) is 9.29. The van der Waals surface area contributed by atoms with Gasteiger partial charge in [-0.1, -0.05) is 24.8 Å². The maximum Gasteiger partial charge on any atom is 0.229 e. The molecule has 1 heterocycles. The number of rotatable bonds is 8. The summed E-state index contributed by atoms with van der Waals surface area (Å²) in [6.07, 6.45) is 5.93. The fraction of sp³-hybridized carbons (Fsp3) is 0.286.